The second-order valence-corrected chi connectivity index (χ2v) is 14.3. The summed E-state index contributed by atoms with van der Waals surface area (Å²) in [6.07, 6.45) is -1.95. The number of fused-ring (bicyclic) bond motifs is 1. The van der Waals surface area contributed by atoms with E-state index in [2.05, 4.69) is 47.9 Å². The van der Waals surface area contributed by atoms with Gasteiger partial charge in [0.1, 0.15) is 11.3 Å². The van der Waals surface area contributed by atoms with Crippen LogP contribution in [0.2, 0.25) is 0 Å². The summed E-state index contributed by atoms with van der Waals surface area (Å²) in [6, 6.07) is 10.9. The number of halogens is 3. The third kappa shape index (κ3) is 7.72. The van der Waals surface area contributed by atoms with Gasteiger partial charge in [0.2, 0.25) is 5.91 Å². The highest BCUT2D eigenvalue weighted by molar-refractivity contribution is 7.91. The van der Waals surface area contributed by atoms with Crippen molar-refractivity contribution in [2.24, 2.45) is 11.8 Å². The van der Waals surface area contributed by atoms with E-state index in [4.69, 9.17) is 0 Å². The van der Waals surface area contributed by atoms with Gasteiger partial charge in [0, 0.05) is 18.1 Å². The van der Waals surface area contributed by atoms with Gasteiger partial charge in [-0.2, -0.15) is 13.2 Å². The van der Waals surface area contributed by atoms with Crippen molar-refractivity contribution in [3.63, 3.8) is 0 Å². The number of benzene rings is 2. The minimum absolute atomic E-state index is 0.108. The van der Waals surface area contributed by atoms with Crippen LogP contribution in [0.25, 0.3) is 11.0 Å². The van der Waals surface area contributed by atoms with Crippen molar-refractivity contribution in [1.82, 2.24) is 20.2 Å². The summed E-state index contributed by atoms with van der Waals surface area (Å²) >= 11 is 0. The van der Waals surface area contributed by atoms with Crippen LogP contribution in [-0.2, 0) is 33.6 Å². The standard InChI is InChI=1S/C31H41F3N4O3S/c1-19(2)15-21-9-12-24(13-10-21)42(40,41)18-22-16-23(38(5)20(3)4)11-14-26(22)36-29(39)17-28-35-27-8-6-7-25(30(27)37-28)31(32,33)34/h6-10,12-13,19-20,22-23,26H,11,14-18H2,1-5H3,(H,35,37)(H,36,39)/t22-,23+,26-/m0/s1. The summed E-state index contributed by atoms with van der Waals surface area (Å²) < 4.78 is 67.4. The third-order valence-electron chi connectivity index (χ3n) is 8.25. The number of hydrogen-bond donors (Lipinski definition) is 2. The summed E-state index contributed by atoms with van der Waals surface area (Å²) in [5.41, 5.74) is 0.193. The molecule has 0 radical (unpaired) electrons. The lowest BCUT2D eigenvalue weighted by atomic mass is 9.81. The minimum atomic E-state index is -4.57. The van der Waals surface area contributed by atoms with E-state index >= 15 is 0 Å². The number of para-hydroxylation sites is 1. The predicted octanol–water partition coefficient (Wildman–Crippen LogP) is 5.79. The molecule has 2 aromatic carbocycles. The highest BCUT2D eigenvalue weighted by Crippen LogP contribution is 2.34. The van der Waals surface area contributed by atoms with E-state index in [1.54, 1.807) is 12.1 Å². The number of nitrogens with zero attached hydrogens (tertiary/aromatic N) is 2. The lowest BCUT2D eigenvalue weighted by Gasteiger charge is -2.41. The third-order valence-corrected chi connectivity index (χ3v) is 10.1. The monoisotopic (exact) mass is 606 g/mol. The van der Waals surface area contributed by atoms with E-state index in [1.165, 1.54) is 12.1 Å². The summed E-state index contributed by atoms with van der Waals surface area (Å²) in [5.74, 6) is -0.271. The Kier molecular flexibility index (Phi) is 9.72. The van der Waals surface area contributed by atoms with Gasteiger partial charge < -0.3 is 15.2 Å². The molecular weight excluding hydrogens is 565 g/mol. The quantitative estimate of drug-likeness (QED) is 0.305. The summed E-state index contributed by atoms with van der Waals surface area (Å²) in [6.45, 7) is 8.41. The zero-order valence-electron chi connectivity index (χ0n) is 24.8. The molecule has 1 amide bonds. The van der Waals surface area contributed by atoms with Crippen LogP contribution in [0.1, 0.15) is 63.9 Å². The molecule has 1 aromatic heterocycles. The average Bonchev–Trinajstić information content (AvgIpc) is 3.30. The number of H-pyrrole nitrogens is 1. The number of amides is 1. The van der Waals surface area contributed by atoms with Crippen LogP contribution >= 0.6 is 0 Å². The molecule has 0 aliphatic heterocycles. The Bertz CT molecular complexity index is 1480. The first-order chi connectivity index (χ1) is 19.6. The number of sulfone groups is 1. The van der Waals surface area contributed by atoms with Crippen molar-refractivity contribution in [1.29, 1.82) is 0 Å². The first kappa shape index (κ1) is 32.0. The fourth-order valence-electron chi connectivity index (χ4n) is 5.89. The number of carbonyl (C=O) groups is 1. The van der Waals surface area contributed by atoms with Gasteiger partial charge in [0.05, 0.1) is 28.1 Å². The molecule has 0 saturated heterocycles. The molecule has 42 heavy (non-hydrogen) atoms. The van der Waals surface area contributed by atoms with E-state index in [-0.39, 0.29) is 58.0 Å². The molecule has 230 valence electrons. The van der Waals surface area contributed by atoms with Crippen LogP contribution < -0.4 is 5.32 Å². The fourth-order valence-corrected chi connectivity index (χ4v) is 7.57. The topological polar surface area (TPSA) is 95.2 Å². The predicted molar refractivity (Wildman–Crippen MR) is 158 cm³/mol. The number of hydrogen-bond acceptors (Lipinski definition) is 5. The molecule has 7 nitrogen and oxygen atoms in total. The van der Waals surface area contributed by atoms with E-state index in [0.717, 1.165) is 24.5 Å². The van der Waals surface area contributed by atoms with Crippen molar-refractivity contribution in [3.05, 3.63) is 59.4 Å². The molecule has 3 atom stereocenters. The maximum Gasteiger partial charge on any atom is 0.418 e. The van der Waals surface area contributed by atoms with Gasteiger partial charge in [-0.25, -0.2) is 13.4 Å². The SMILES string of the molecule is CC(C)Cc1ccc(S(=O)(=O)C[C@@H]2C[C@H](N(C)C(C)C)CC[C@@H]2NC(=O)Cc2nc3c(C(F)(F)F)cccc3[nH]2)cc1. The van der Waals surface area contributed by atoms with Crippen molar-refractivity contribution in [3.8, 4) is 0 Å². The fraction of sp³-hybridized carbons (Fsp3) is 0.548. The average molecular weight is 607 g/mol. The lowest BCUT2D eigenvalue weighted by molar-refractivity contribution is -0.136. The number of nitrogens with one attached hydrogen (secondary N) is 2. The number of rotatable bonds is 10. The Labute approximate surface area is 246 Å². The second kappa shape index (κ2) is 12.8. The van der Waals surface area contributed by atoms with Crippen LogP contribution in [-0.4, -0.2) is 60.1 Å². The van der Waals surface area contributed by atoms with Gasteiger partial charge >= 0.3 is 6.18 Å². The first-order valence-corrected chi connectivity index (χ1v) is 16.2. The highest BCUT2D eigenvalue weighted by atomic mass is 32.2. The van der Waals surface area contributed by atoms with Gasteiger partial charge in [0.15, 0.2) is 9.84 Å². The zero-order chi connectivity index (χ0) is 30.8. The van der Waals surface area contributed by atoms with E-state index in [1.807, 2.05) is 19.2 Å². The largest absolute Gasteiger partial charge is 0.418 e. The minimum Gasteiger partial charge on any atom is -0.353 e. The molecule has 1 saturated carbocycles. The highest BCUT2D eigenvalue weighted by Gasteiger charge is 2.37. The molecule has 3 aromatic rings. The van der Waals surface area contributed by atoms with Gasteiger partial charge in [-0.05, 0) is 88.2 Å². The first-order valence-electron chi connectivity index (χ1n) is 14.5. The summed E-state index contributed by atoms with van der Waals surface area (Å²) in [7, 11) is -1.60. The Hall–Kier alpha value is -2.92. The molecule has 4 rings (SSSR count). The molecule has 1 fully saturated rings. The van der Waals surface area contributed by atoms with Crippen molar-refractivity contribution >= 4 is 26.8 Å². The number of aromatic nitrogens is 2. The molecule has 0 unspecified atom stereocenters. The van der Waals surface area contributed by atoms with Crippen molar-refractivity contribution < 1.29 is 26.4 Å². The zero-order valence-corrected chi connectivity index (χ0v) is 25.6. The maximum atomic E-state index is 13.5. The Balaban J connectivity index is 1.51. The molecule has 2 N–H and O–H groups in total. The van der Waals surface area contributed by atoms with Crippen LogP contribution in [0.3, 0.4) is 0 Å². The Morgan fingerprint density at radius 1 is 1.10 bits per heavy atom. The van der Waals surface area contributed by atoms with Crippen LogP contribution in [0, 0.1) is 11.8 Å². The molecular formula is C31H41F3N4O3S. The van der Waals surface area contributed by atoms with Crippen molar-refractivity contribution in [2.75, 3.05) is 12.8 Å². The second-order valence-electron chi connectivity index (χ2n) is 12.2. The molecule has 1 aliphatic carbocycles. The van der Waals surface area contributed by atoms with Gasteiger partial charge in [-0.15, -0.1) is 0 Å². The molecule has 1 aliphatic rings. The number of carbonyl (C=O) groups excluding carboxylic acids is 1. The Morgan fingerprint density at radius 2 is 1.79 bits per heavy atom. The van der Waals surface area contributed by atoms with Gasteiger partial charge in [-0.1, -0.05) is 32.0 Å². The molecule has 1 heterocycles. The van der Waals surface area contributed by atoms with E-state index < -0.39 is 27.5 Å². The van der Waals surface area contributed by atoms with Crippen LogP contribution in [0.5, 0.6) is 0 Å². The lowest BCUT2D eigenvalue weighted by Crippen LogP contribution is -2.51. The molecule has 11 heteroatoms. The number of imidazole rings is 1. The summed E-state index contributed by atoms with van der Waals surface area (Å²) in [5, 5.41) is 3.00. The van der Waals surface area contributed by atoms with Crippen LogP contribution in [0.15, 0.2) is 47.4 Å². The molecule has 0 bridgehead atoms. The maximum absolute atomic E-state index is 13.5. The van der Waals surface area contributed by atoms with Crippen LogP contribution in [0.4, 0.5) is 13.2 Å². The van der Waals surface area contributed by atoms with Crippen molar-refractivity contribution in [2.45, 2.75) is 89.0 Å². The number of alkyl halides is 3. The van der Waals surface area contributed by atoms with Gasteiger partial charge in [-0.3, -0.25) is 4.79 Å². The van der Waals surface area contributed by atoms with Gasteiger partial charge in [0.25, 0.3) is 0 Å². The normalized spacial score (nSPS) is 20.1. The molecule has 0 spiro atoms. The summed E-state index contributed by atoms with van der Waals surface area (Å²) in [4.78, 5) is 22.5. The Morgan fingerprint density at radius 3 is 2.40 bits per heavy atom. The van der Waals surface area contributed by atoms with E-state index in [0.29, 0.717) is 18.8 Å². The smallest absolute Gasteiger partial charge is 0.353 e. The number of aromatic amines is 1. The van der Waals surface area contributed by atoms with E-state index in [9.17, 15) is 26.4 Å².